The zero-order valence-electron chi connectivity index (χ0n) is 13.1. The second-order valence-corrected chi connectivity index (χ2v) is 6.74. The van der Waals surface area contributed by atoms with Crippen molar-refractivity contribution < 1.29 is 13.2 Å². The maximum atomic E-state index is 12.2. The van der Waals surface area contributed by atoms with Gasteiger partial charge in [-0.25, -0.2) is 13.1 Å². The molecule has 0 aliphatic rings. The van der Waals surface area contributed by atoms with Crippen molar-refractivity contribution in [3.63, 3.8) is 0 Å². The number of carbonyl (C=O) groups is 1. The first-order chi connectivity index (χ1) is 12.0. The predicted octanol–water partition coefficient (Wildman–Crippen LogP) is 2.00. The lowest BCUT2D eigenvalue weighted by atomic mass is 10.2. The molecule has 25 heavy (non-hydrogen) atoms. The van der Waals surface area contributed by atoms with Crippen LogP contribution in [-0.4, -0.2) is 20.9 Å². The van der Waals surface area contributed by atoms with Crippen molar-refractivity contribution in [1.82, 2.24) is 4.72 Å². The van der Waals surface area contributed by atoms with E-state index in [9.17, 15) is 13.2 Å². The first-order valence-corrected chi connectivity index (χ1v) is 8.73. The van der Waals surface area contributed by atoms with Crippen LogP contribution in [0.15, 0.2) is 53.4 Å². The quantitative estimate of drug-likeness (QED) is 0.768. The number of nitriles is 2. The minimum Gasteiger partial charge on any atom is -0.322 e. The Kier molecular flexibility index (Phi) is 5.85. The van der Waals surface area contributed by atoms with Crippen molar-refractivity contribution in [2.45, 2.75) is 11.3 Å². The van der Waals surface area contributed by atoms with Gasteiger partial charge in [0.15, 0.2) is 0 Å². The van der Waals surface area contributed by atoms with Gasteiger partial charge in [0.25, 0.3) is 5.91 Å². The summed E-state index contributed by atoms with van der Waals surface area (Å²) in [4.78, 5) is 12.2. The summed E-state index contributed by atoms with van der Waals surface area (Å²) in [5.74, 6) is -0.397. The smallest absolute Gasteiger partial charge is 0.255 e. The molecule has 0 saturated heterocycles. The molecule has 0 aromatic heterocycles. The molecule has 0 unspecified atom stereocenters. The van der Waals surface area contributed by atoms with E-state index in [4.69, 9.17) is 10.5 Å². The Balaban J connectivity index is 2.07. The highest BCUT2D eigenvalue weighted by molar-refractivity contribution is 7.89. The normalized spacial score (nSPS) is 10.5. The Morgan fingerprint density at radius 1 is 1.00 bits per heavy atom. The zero-order chi connectivity index (χ0) is 18.3. The van der Waals surface area contributed by atoms with Crippen LogP contribution in [0.25, 0.3) is 0 Å². The van der Waals surface area contributed by atoms with E-state index in [1.165, 1.54) is 24.3 Å². The van der Waals surface area contributed by atoms with E-state index in [0.717, 1.165) is 0 Å². The number of rotatable bonds is 6. The van der Waals surface area contributed by atoms with Crippen molar-refractivity contribution in [3.8, 4) is 12.1 Å². The van der Waals surface area contributed by atoms with Gasteiger partial charge in [-0.3, -0.25) is 4.79 Å². The molecule has 1 amide bonds. The molecule has 0 bridgehead atoms. The van der Waals surface area contributed by atoms with Gasteiger partial charge >= 0.3 is 0 Å². The summed E-state index contributed by atoms with van der Waals surface area (Å²) in [6, 6.07) is 15.7. The second kappa shape index (κ2) is 8.06. The van der Waals surface area contributed by atoms with E-state index >= 15 is 0 Å². The summed E-state index contributed by atoms with van der Waals surface area (Å²) in [5, 5.41) is 19.8. The topological polar surface area (TPSA) is 123 Å². The molecule has 0 fully saturated rings. The molecule has 0 heterocycles. The second-order valence-electron chi connectivity index (χ2n) is 4.97. The van der Waals surface area contributed by atoms with Gasteiger partial charge in [0.2, 0.25) is 10.0 Å². The molecule has 2 rings (SSSR count). The molecular formula is C17H14N4O3S. The van der Waals surface area contributed by atoms with E-state index in [1.807, 2.05) is 12.1 Å². The predicted molar refractivity (Wildman–Crippen MR) is 91.0 cm³/mol. The van der Waals surface area contributed by atoms with Gasteiger partial charge in [-0.05, 0) is 48.5 Å². The third kappa shape index (κ3) is 4.88. The van der Waals surface area contributed by atoms with Crippen LogP contribution in [0, 0.1) is 22.7 Å². The lowest BCUT2D eigenvalue weighted by molar-refractivity contribution is 0.102. The number of benzene rings is 2. The fraction of sp³-hybridized carbons (Fsp3) is 0.118. The van der Waals surface area contributed by atoms with Crippen LogP contribution in [0.4, 0.5) is 5.69 Å². The van der Waals surface area contributed by atoms with Crippen LogP contribution < -0.4 is 10.0 Å². The van der Waals surface area contributed by atoms with E-state index in [2.05, 4.69) is 10.0 Å². The van der Waals surface area contributed by atoms with Crippen molar-refractivity contribution in [1.29, 1.82) is 10.5 Å². The Morgan fingerprint density at radius 2 is 1.64 bits per heavy atom. The summed E-state index contributed by atoms with van der Waals surface area (Å²) in [6.07, 6.45) is 0.0737. The third-order valence-electron chi connectivity index (χ3n) is 3.23. The van der Waals surface area contributed by atoms with Gasteiger partial charge < -0.3 is 5.32 Å². The molecule has 126 valence electrons. The van der Waals surface area contributed by atoms with Crippen molar-refractivity contribution in [2.75, 3.05) is 11.9 Å². The molecule has 0 aliphatic carbocycles. The Hall–Kier alpha value is -3.20. The van der Waals surface area contributed by atoms with E-state index in [0.29, 0.717) is 16.8 Å². The van der Waals surface area contributed by atoms with Gasteiger partial charge in [-0.15, -0.1) is 0 Å². The number of amides is 1. The van der Waals surface area contributed by atoms with Gasteiger partial charge in [0, 0.05) is 24.2 Å². The molecule has 2 N–H and O–H groups in total. The van der Waals surface area contributed by atoms with E-state index in [-0.39, 0.29) is 17.9 Å². The Bertz CT molecular complexity index is 937. The van der Waals surface area contributed by atoms with Crippen LogP contribution >= 0.6 is 0 Å². The first kappa shape index (κ1) is 18.1. The molecule has 0 saturated carbocycles. The van der Waals surface area contributed by atoms with E-state index < -0.39 is 15.9 Å². The van der Waals surface area contributed by atoms with Crippen molar-refractivity contribution in [3.05, 3.63) is 59.7 Å². The summed E-state index contributed by atoms with van der Waals surface area (Å²) in [7, 11) is -3.71. The van der Waals surface area contributed by atoms with Crippen LogP contribution in [0.5, 0.6) is 0 Å². The van der Waals surface area contributed by atoms with Crippen LogP contribution in [0.2, 0.25) is 0 Å². The lowest BCUT2D eigenvalue weighted by Gasteiger charge is -2.07. The lowest BCUT2D eigenvalue weighted by Crippen LogP contribution is -2.24. The van der Waals surface area contributed by atoms with E-state index in [1.54, 1.807) is 24.3 Å². The number of hydrogen-bond acceptors (Lipinski definition) is 5. The van der Waals surface area contributed by atoms with Crippen LogP contribution in [0.1, 0.15) is 22.3 Å². The highest BCUT2D eigenvalue weighted by Crippen LogP contribution is 2.14. The SMILES string of the molecule is N#CCCNS(=O)(=O)c1ccc(C(=O)Nc2ccc(C#N)cc2)cc1. The fourth-order valence-electron chi connectivity index (χ4n) is 1.94. The van der Waals surface area contributed by atoms with Gasteiger partial charge in [-0.1, -0.05) is 0 Å². The minimum atomic E-state index is -3.71. The summed E-state index contributed by atoms with van der Waals surface area (Å²) in [6.45, 7) is 0.0275. The molecule has 0 spiro atoms. The average Bonchev–Trinajstić information content (AvgIpc) is 2.62. The molecule has 8 heteroatoms. The van der Waals surface area contributed by atoms with Crippen LogP contribution in [-0.2, 0) is 10.0 Å². The molecule has 7 nitrogen and oxygen atoms in total. The molecular weight excluding hydrogens is 340 g/mol. The maximum absolute atomic E-state index is 12.2. The number of nitrogens with one attached hydrogen (secondary N) is 2. The van der Waals surface area contributed by atoms with Crippen LogP contribution in [0.3, 0.4) is 0 Å². The largest absolute Gasteiger partial charge is 0.322 e. The molecule has 2 aromatic rings. The van der Waals surface area contributed by atoms with Crippen molar-refractivity contribution >= 4 is 21.6 Å². The van der Waals surface area contributed by atoms with Crippen molar-refractivity contribution in [2.24, 2.45) is 0 Å². The summed E-state index contributed by atoms with van der Waals surface area (Å²) in [5.41, 5.74) is 1.30. The average molecular weight is 354 g/mol. The number of nitrogens with zero attached hydrogens (tertiary/aromatic N) is 2. The zero-order valence-corrected chi connectivity index (χ0v) is 13.9. The summed E-state index contributed by atoms with van der Waals surface area (Å²) >= 11 is 0. The number of sulfonamides is 1. The maximum Gasteiger partial charge on any atom is 0.255 e. The van der Waals surface area contributed by atoms with Gasteiger partial charge in [0.1, 0.15) is 0 Å². The Morgan fingerprint density at radius 3 is 2.20 bits per heavy atom. The standard InChI is InChI=1S/C17H14N4O3S/c18-10-1-11-20-25(23,24)16-8-4-14(5-9-16)17(22)21-15-6-2-13(12-19)3-7-15/h2-9,20H,1,11H2,(H,21,22). The van der Waals surface area contributed by atoms with Gasteiger partial charge in [-0.2, -0.15) is 10.5 Å². The fourth-order valence-corrected chi connectivity index (χ4v) is 2.97. The highest BCUT2D eigenvalue weighted by Gasteiger charge is 2.14. The number of carbonyl (C=O) groups excluding carboxylic acids is 1. The number of hydrogen-bond donors (Lipinski definition) is 2. The molecule has 0 aliphatic heterocycles. The molecule has 0 atom stereocenters. The number of anilines is 1. The third-order valence-corrected chi connectivity index (χ3v) is 4.70. The highest BCUT2D eigenvalue weighted by atomic mass is 32.2. The summed E-state index contributed by atoms with van der Waals surface area (Å²) < 4.78 is 26.3. The monoisotopic (exact) mass is 354 g/mol. The first-order valence-electron chi connectivity index (χ1n) is 7.24. The Labute approximate surface area is 145 Å². The molecule has 0 radical (unpaired) electrons. The van der Waals surface area contributed by atoms with Gasteiger partial charge in [0.05, 0.1) is 22.6 Å². The minimum absolute atomic E-state index is 0.0142. The molecule has 2 aromatic carbocycles.